The molecule has 3 rings (SSSR count). The van der Waals surface area contributed by atoms with Crippen LogP contribution in [0.1, 0.15) is 16.9 Å². The van der Waals surface area contributed by atoms with E-state index in [0.717, 1.165) is 10.5 Å². The topological polar surface area (TPSA) is 95.3 Å². The van der Waals surface area contributed by atoms with E-state index in [4.69, 9.17) is 10.00 Å². The molecule has 0 aliphatic carbocycles. The Balaban J connectivity index is 1.60. The van der Waals surface area contributed by atoms with Gasteiger partial charge in [0.2, 0.25) is 5.91 Å². The molecule has 1 fully saturated rings. The Hall–Kier alpha value is -3.06. The summed E-state index contributed by atoms with van der Waals surface area (Å²) in [5.74, 6) is -3.73. The molecular formula is C18H16F2N4O3S. The van der Waals surface area contributed by atoms with Crippen LogP contribution in [0.4, 0.5) is 8.78 Å². The maximum Gasteiger partial charge on any atom is 0.271 e. The van der Waals surface area contributed by atoms with Crippen LogP contribution < -0.4 is 10.1 Å². The molecule has 146 valence electrons. The van der Waals surface area contributed by atoms with Gasteiger partial charge in [-0.3, -0.25) is 9.59 Å². The van der Waals surface area contributed by atoms with Crippen molar-refractivity contribution in [2.24, 2.45) is 0 Å². The zero-order valence-electron chi connectivity index (χ0n) is 14.8. The van der Waals surface area contributed by atoms with Gasteiger partial charge in [0.05, 0.1) is 26.3 Å². The Kier molecular flexibility index (Phi) is 5.56. The van der Waals surface area contributed by atoms with Crippen LogP contribution in [0.2, 0.25) is 0 Å². The van der Waals surface area contributed by atoms with Crippen LogP contribution in [0, 0.1) is 11.3 Å². The summed E-state index contributed by atoms with van der Waals surface area (Å²) >= 11 is 1.26. The molecule has 2 aromatic rings. The first-order valence-corrected chi connectivity index (χ1v) is 9.16. The lowest BCUT2D eigenvalue weighted by Gasteiger charge is -2.19. The van der Waals surface area contributed by atoms with Crippen molar-refractivity contribution in [3.8, 4) is 22.4 Å². The lowest BCUT2D eigenvalue weighted by Crippen LogP contribution is -2.43. The minimum atomic E-state index is -3.09. The Morgan fingerprint density at radius 2 is 2.14 bits per heavy atom. The number of benzene rings is 1. The summed E-state index contributed by atoms with van der Waals surface area (Å²) in [5, 5.41) is 13.5. The summed E-state index contributed by atoms with van der Waals surface area (Å²) in [6, 6.07) is 7.65. The number of halogens is 2. The SMILES string of the molecule is COc1ccc(-c2nc(C(=O)NCC(=O)N3CC(F)(F)C[C@H]3C#N)cs2)cc1. The van der Waals surface area contributed by atoms with Gasteiger partial charge >= 0.3 is 0 Å². The number of amides is 2. The lowest BCUT2D eigenvalue weighted by molar-refractivity contribution is -0.131. The predicted octanol–water partition coefficient (Wildman–Crippen LogP) is 2.31. The fraction of sp³-hybridized carbons (Fsp3) is 0.333. The summed E-state index contributed by atoms with van der Waals surface area (Å²) in [7, 11) is 1.56. The third-order valence-electron chi connectivity index (χ3n) is 4.21. The van der Waals surface area contributed by atoms with Gasteiger partial charge in [-0.15, -0.1) is 11.3 Å². The number of hydrogen-bond acceptors (Lipinski definition) is 6. The van der Waals surface area contributed by atoms with Crippen LogP contribution in [-0.2, 0) is 4.79 Å². The van der Waals surface area contributed by atoms with E-state index < -0.39 is 43.3 Å². The molecule has 1 saturated heterocycles. The van der Waals surface area contributed by atoms with Crippen molar-refractivity contribution in [1.82, 2.24) is 15.2 Å². The number of carbonyl (C=O) groups excluding carboxylic acids is 2. The second-order valence-corrected chi connectivity index (χ2v) is 7.03. The second kappa shape index (κ2) is 7.90. The van der Waals surface area contributed by atoms with Crippen LogP contribution in [0.5, 0.6) is 5.75 Å². The zero-order chi connectivity index (χ0) is 20.3. The third kappa shape index (κ3) is 4.26. The molecule has 0 saturated carbocycles. The Morgan fingerprint density at radius 1 is 1.43 bits per heavy atom. The third-order valence-corrected chi connectivity index (χ3v) is 5.10. The van der Waals surface area contributed by atoms with E-state index in [1.54, 1.807) is 42.8 Å². The van der Waals surface area contributed by atoms with E-state index in [-0.39, 0.29) is 5.69 Å². The van der Waals surface area contributed by atoms with E-state index in [0.29, 0.717) is 10.8 Å². The minimum absolute atomic E-state index is 0.118. The summed E-state index contributed by atoms with van der Waals surface area (Å²) in [6.45, 7) is -1.30. The summed E-state index contributed by atoms with van der Waals surface area (Å²) in [6.07, 6.45) is -0.694. The number of nitrogens with one attached hydrogen (secondary N) is 1. The first kappa shape index (κ1) is 19.7. The van der Waals surface area contributed by atoms with E-state index >= 15 is 0 Å². The highest BCUT2D eigenvalue weighted by Gasteiger charge is 2.47. The van der Waals surface area contributed by atoms with Gasteiger partial charge in [-0.2, -0.15) is 5.26 Å². The maximum atomic E-state index is 13.4. The Morgan fingerprint density at radius 3 is 2.79 bits per heavy atom. The van der Waals surface area contributed by atoms with Gasteiger partial charge in [0.1, 0.15) is 22.5 Å². The van der Waals surface area contributed by atoms with Gasteiger partial charge in [0, 0.05) is 17.4 Å². The molecule has 1 aliphatic heterocycles. The van der Waals surface area contributed by atoms with Crippen molar-refractivity contribution >= 4 is 23.2 Å². The molecule has 28 heavy (non-hydrogen) atoms. The number of carbonyl (C=O) groups is 2. The van der Waals surface area contributed by atoms with Crippen LogP contribution in [0.15, 0.2) is 29.6 Å². The number of nitriles is 1. The van der Waals surface area contributed by atoms with Gasteiger partial charge in [-0.1, -0.05) is 0 Å². The molecule has 0 spiro atoms. The van der Waals surface area contributed by atoms with Crippen LogP contribution in [-0.4, -0.2) is 53.9 Å². The molecule has 1 aromatic carbocycles. The molecule has 0 unspecified atom stereocenters. The van der Waals surface area contributed by atoms with E-state index in [2.05, 4.69) is 10.3 Å². The summed E-state index contributed by atoms with van der Waals surface area (Å²) in [5.41, 5.74) is 0.921. The normalized spacial score (nSPS) is 17.8. The van der Waals surface area contributed by atoms with Gasteiger partial charge in [-0.05, 0) is 24.3 Å². The molecule has 10 heteroatoms. The summed E-state index contributed by atoms with van der Waals surface area (Å²) in [4.78, 5) is 29.4. The molecule has 1 N–H and O–H groups in total. The molecule has 1 atom stereocenters. The zero-order valence-corrected chi connectivity index (χ0v) is 15.6. The molecule has 0 radical (unpaired) electrons. The van der Waals surface area contributed by atoms with Gasteiger partial charge < -0.3 is 15.0 Å². The number of alkyl halides is 2. The first-order chi connectivity index (χ1) is 13.3. The number of likely N-dealkylation sites (tertiary alicyclic amines) is 1. The second-order valence-electron chi connectivity index (χ2n) is 6.18. The van der Waals surface area contributed by atoms with Gasteiger partial charge in [0.15, 0.2) is 0 Å². The number of nitrogens with zero attached hydrogens (tertiary/aromatic N) is 3. The van der Waals surface area contributed by atoms with Crippen molar-refractivity contribution < 1.29 is 23.1 Å². The fourth-order valence-corrected chi connectivity index (χ4v) is 3.59. The average molecular weight is 406 g/mol. The highest BCUT2D eigenvalue weighted by molar-refractivity contribution is 7.13. The smallest absolute Gasteiger partial charge is 0.271 e. The van der Waals surface area contributed by atoms with Crippen molar-refractivity contribution in [1.29, 1.82) is 5.26 Å². The van der Waals surface area contributed by atoms with Crippen molar-refractivity contribution in [2.45, 2.75) is 18.4 Å². The number of ether oxygens (including phenoxy) is 1. The lowest BCUT2D eigenvalue weighted by atomic mass is 10.2. The fourth-order valence-electron chi connectivity index (χ4n) is 2.79. The molecule has 1 aromatic heterocycles. The number of hydrogen-bond donors (Lipinski definition) is 1. The van der Waals surface area contributed by atoms with Crippen molar-refractivity contribution in [2.75, 3.05) is 20.2 Å². The summed E-state index contributed by atoms with van der Waals surface area (Å²) < 4.78 is 31.9. The number of thiazole rings is 1. The van der Waals surface area contributed by atoms with Crippen molar-refractivity contribution in [3.05, 3.63) is 35.3 Å². The minimum Gasteiger partial charge on any atom is -0.497 e. The number of aromatic nitrogens is 1. The van der Waals surface area contributed by atoms with Crippen molar-refractivity contribution in [3.63, 3.8) is 0 Å². The maximum absolute atomic E-state index is 13.4. The average Bonchev–Trinajstić information content (AvgIpc) is 3.30. The number of methoxy groups -OCH3 is 1. The molecular weight excluding hydrogens is 390 g/mol. The van der Waals surface area contributed by atoms with E-state index in [1.807, 2.05) is 0 Å². The highest BCUT2D eigenvalue weighted by atomic mass is 32.1. The molecule has 7 nitrogen and oxygen atoms in total. The Bertz CT molecular complexity index is 924. The highest BCUT2D eigenvalue weighted by Crippen LogP contribution is 2.31. The monoisotopic (exact) mass is 406 g/mol. The van der Waals surface area contributed by atoms with Crippen LogP contribution in [0.25, 0.3) is 10.6 Å². The predicted molar refractivity (Wildman–Crippen MR) is 97.1 cm³/mol. The number of rotatable bonds is 5. The standard InChI is InChI=1S/C18H16F2N4O3S/c1-27-13-4-2-11(3-5-13)17-23-14(9-28-17)16(26)22-8-15(25)24-10-18(19,20)6-12(24)7-21/h2-5,9,12H,6,8,10H2,1H3,(H,22,26)/t12-/m0/s1. The molecule has 2 heterocycles. The quantitative estimate of drug-likeness (QED) is 0.822. The Labute approximate surface area is 163 Å². The van der Waals surface area contributed by atoms with Crippen LogP contribution >= 0.6 is 11.3 Å². The van der Waals surface area contributed by atoms with Crippen LogP contribution in [0.3, 0.4) is 0 Å². The van der Waals surface area contributed by atoms with E-state index in [9.17, 15) is 18.4 Å². The van der Waals surface area contributed by atoms with Gasteiger partial charge in [-0.25, -0.2) is 13.8 Å². The van der Waals surface area contributed by atoms with E-state index in [1.165, 1.54) is 11.3 Å². The molecule has 2 amide bonds. The largest absolute Gasteiger partial charge is 0.497 e. The molecule has 0 bridgehead atoms. The first-order valence-electron chi connectivity index (χ1n) is 8.28. The van der Waals surface area contributed by atoms with Gasteiger partial charge in [0.25, 0.3) is 11.8 Å². The molecule has 1 aliphatic rings.